The molecule has 13 heavy (non-hydrogen) atoms. The van der Waals surface area contributed by atoms with E-state index in [4.69, 9.17) is 11.5 Å². The van der Waals surface area contributed by atoms with E-state index in [0.717, 1.165) is 4.68 Å². The smallest absolute Gasteiger partial charge is 0.266 e. The van der Waals surface area contributed by atoms with Crippen molar-refractivity contribution < 1.29 is 4.79 Å². The first kappa shape index (κ1) is 9.40. The maximum atomic E-state index is 11.1. The van der Waals surface area contributed by atoms with Crippen molar-refractivity contribution in [2.45, 2.75) is 12.6 Å². The van der Waals surface area contributed by atoms with Crippen LogP contribution in [0.1, 0.15) is 0 Å². The van der Waals surface area contributed by atoms with E-state index in [0.29, 0.717) is 0 Å². The second-order valence-corrected chi connectivity index (χ2v) is 2.55. The number of nitrogens with two attached hydrogens (primary N) is 2. The van der Waals surface area contributed by atoms with E-state index in [-0.39, 0.29) is 12.1 Å². The number of carbonyl (C=O) groups is 1. The number of carbonyl (C=O) groups excluding carboxylic acids is 1. The lowest BCUT2D eigenvalue weighted by atomic mass is 10.3. The SMILES string of the molecule is NC(=O)C(N)Cn1ncccc1=O. The highest BCUT2D eigenvalue weighted by molar-refractivity contribution is 5.79. The maximum Gasteiger partial charge on any atom is 0.266 e. The molecule has 0 aliphatic rings. The second kappa shape index (κ2) is 3.81. The molecule has 1 aromatic heterocycles. The highest BCUT2D eigenvalue weighted by atomic mass is 16.1. The van der Waals surface area contributed by atoms with Crippen molar-refractivity contribution in [3.05, 3.63) is 28.7 Å². The van der Waals surface area contributed by atoms with Crippen LogP contribution in [0.3, 0.4) is 0 Å². The Kier molecular flexibility index (Phi) is 2.76. The Bertz CT molecular complexity index is 360. The number of rotatable bonds is 3. The fraction of sp³-hybridized carbons (Fsp3) is 0.286. The van der Waals surface area contributed by atoms with Gasteiger partial charge in [0.05, 0.1) is 6.54 Å². The van der Waals surface area contributed by atoms with E-state index in [2.05, 4.69) is 5.10 Å². The standard InChI is InChI=1S/C7H10N4O2/c8-5(7(9)13)4-11-6(12)2-1-3-10-11/h1-3,5H,4,8H2,(H2,9,13). The van der Waals surface area contributed by atoms with Crippen LogP contribution in [0.15, 0.2) is 23.1 Å². The number of hydrogen-bond donors (Lipinski definition) is 2. The Labute approximate surface area is 74.1 Å². The summed E-state index contributed by atoms with van der Waals surface area (Å²) in [6, 6.07) is 1.96. The van der Waals surface area contributed by atoms with Gasteiger partial charge in [0, 0.05) is 12.3 Å². The first-order valence-corrected chi connectivity index (χ1v) is 3.68. The summed E-state index contributed by atoms with van der Waals surface area (Å²) in [5.74, 6) is -0.655. The quantitative estimate of drug-likeness (QED) is 0.567. The van der Waals surface area contributed by atoms with Gasteiger partial charge in [0.2, 0.25) is 5.91 Å². The molecule has 70 valence electrons. The number of aromatic nitrogens is 2. The molecule has 0 saturated carbocycles. The van der Waals surface area contributed by atoms with Crippen LogP contribution in [-0.4, -0.2) is 21.7 Å². The zero-order valence-electron chi connectivity index (χ0n) is 6.88. The zero-order valence-corrected chi connectivity index (χ0v) is 6.88. The topological polar surface area (TPSA) is 104 Å². The molecule has 0 saturated heterocycles. The van der Waals surface area contributed by atoms with Crippen molar-refractivity contribution in [1.29, 1.82) is 0 Å². The summed E-state index contributed by atoms with van der Waals surface area (Å²) in [4.78, 5) is 21.6. The summed E-state index contributed by atoms with van der Waals surface area (Å²) in [6.45, 7) is 0.00894. The van der Waals surface area contributed by atoms with Gasteiger partial charge in [0.15, 0.2) is 0 Å². The zero-order chi connectivity index (χ0) is 9.84. The van der Waals surface area contributed by atoms with Gasteiger partial charge in [0.25, 0.3) is 5.56 Å². The summed E-state index contributed by atoms with van der Waals surface area (Å²) in [5, 5.41) is 3.72. The lowest BCUT2D eigenvalue weighted by Crippen LogP contribution is -2.42. The summed E-state index contributed by atoms with van der Waals surface area (Å²) in [7, 11) is 0. The second-order valence-electron chi connectivity index (χ2n) is 2.55. The number of hydrogen-bond acceptors (Lipinski definition) is 4. The molecule has 6 nitrogen and oxygen atoms in total. The summed E-state index contributed by atoms with van der Waals surface area (Å²) >= 11 is 0. The molecule has 0 aromatic carbocycles. The predicted octanol–water partition coefficient (Wildman–Crippen LogP) is -1.94. The summed E-state index contributed by atoms with van der Waals surface area (Å²) in [6.07, 6.45) is 1.44. The minimum absolute atomic E-state index is 0.00894. The number of nitrogens with zero attached hydrogens (tertiary/aromatic N) is 2. The van der Waals surface area contributed by atoms with Crippen LogP contribution in [-0.2, 0) is 11.3 Å². The van der Waals surface area contributed by atoms with Crippen molar-refractivity contribution in [3.8, 4) is 0 Å². The molecular weight excluding hydrogens is 172 g/mol. The fourth-order valence-corrected chi connectivity index (χ4v) is 0.801. The Morgan fingerprint density at radius 3 is 2.92 bits per heavy atom. The molecule has 1 heterocycles. The van der Waals surface area contributed by atoms with Crippen LogP contribution in [0.25, 0.3) is 0 Å². The van der Waals surface area contributed by atoms with Gasteiger partial charge in [-0.25, -0.2) is 4.68 Å². The Morgan fingerprint density at radius 2 is 2.38 bits per heavy atom. The van der Waals surface area contributed by atoms with E-state index >= 15 is 0 Å². The molecule has 4 N–H and O–H groups in total. The highest BCUT2D eigenvalue weighted by Crippen LogP contribution is 1.81. The largest absolute Gasteiger partial charge is 0.368 e. The van der Waals surface area contributed by atoms with Gasteiger partial charge in [0.1, 0.15) is 6.04 Å². The van der Waals surface area contributed by atoms with Crippen LogP contribution in [0.2, 0.25) is 0 Å². The highest BCUT2D eigenvalue weighted by Gasteiger charge is 2.10. The fourth-order valence-electron chi connectivity index (χ4n) is 0.801. The average molecular weight is 182 g/mol. The molecule has 0 fully saturated rings. The first-order valence-electron chi connectivity index (χ1n) is 3.68. The lowest BCUT2D eigenvalue weighted by molar-refractivity contribution is -0.119. The van der Waals surface area contributed by atoms with E-state index in [9.17, 15) is 9.59 Å². The van der Waals surface area contributed by atoms with Crippen molar-refractivity contribution in [1.82, 2.24) is 9.78 Å². The molecule has 1 unspecified atom stereocenters. The Hall–Kier alpha value is -1.69. The molecule has 6 heteroatoms. The normalized spacial score (nSPS) is 12.4. The van der Waals surface area contributed by atoms with Gasteiger partial charge in [-0.05, 0) is 6.07 Å². The summed E-state index contributed by atoms with van der Waals surface area (Å²) < 4.78 is 1.09. The van der Waals surface area contributed by atoms with Gasteiger partial charge < -0.3 is 11.5 Å². The third-order valence-corrected chi connectivity index (χ3v) is 1.52. The molecule has 0 aliphatic carbocycles. The van der Waals surface area contributed by atoms with E-state index in [1.54, 1.807) is 0 Å². The molecular formula is C7H10N4O2. The molecule has 1 amide bonds. The van der Waals surface area contributed by atoms with E-state index in [1.807, 2.05) is 0 Å². The van der Waals surface area contributed by atoms with Crippen LogP contribution in [0, 0.1) is 0 Å². The van der Waals surface area contributed by atoms with Crippen molar-refractivity contribution in [2.24, 2.45) is 11.5 Å². The average Bonchev–Trinajstić information content (AvgIpc) is 2.08. The lowest BCUT2D eigenvalue weighted by Gasteiger charge is -2.07. The van der Waals surface area contributed by atoms with Crippen molar-refractivity contribution in [3.63, 3.8) is 0 Å². The van der Waals surface area contributed by atoms with Crippen LogP contribution >= 0.6 is 0 Å². The molecule has 1 atom stereocenters. The van der Waals surface area contributed by atoms with Crippen molar-refractivity contribution in [2.75, 3.05) is 0 Å². The Balaban J connectivity index is 2.81. The van der Waals surface area contributed by atoms with Gasteiger partial charge in [-0.1, -0.05) is 0 Å². The van der Waals surface area contributed by atoms with Crippen LogP contribution in [0.4, 0.5) is 0 Å². The summed E-state index contributed by atoms with van der Waals surface area (Å²) in [5.41, 5.74) is 9.96. The Morgan fingerprint density at radius 1 is 1.69 bits per heavy atom. The third-order valence-electron chi connectivity index (χ3n) is 1.52. The van der Waals surface area contributed by atoms with Gasteiger partial charge in [-0.15, -0.1) is 0 Å². The first-order chi connectivity index (χ1) is 6.11. The molecule has 1 rings (SSSR count). The maximum absolute atomic E-state index is 11.1. The van der Waals surface area contributed by atoms with Crippen LogP contribution < -0.4 is 17.0 Å². The predicted molar refractivity (Wildman–Crippen MR) is 45.7 cm³/mol. The molecule has 0 aliphatic heterocycles. The number of primary amides is 1. The van der Waals surface area contributed by atoms with Gasteiger partial charge in [-0.3, -0.25) is 9.59 Å². The van der Waals surface area contributed by atoms with Crippen molar-refractivity contribution >= 4 is 5.91 Å². The molecule has 1 aromatic rings. The minimum atomic E-state index is -0.882. The van der Waals surface area contributed by atoms with Gasteiger partial charge >= 0.3 is 0 Å². The van der Waals surface area contributed by atoms with E-state index < -0.39 is 11.9 Å². The monoisotopic (exact) mass is 182 g/mol. The van der Waals surface area contributed by atoms with Gasteiger partial charge in [-0.2, -0.15) is 5.10 Å². The van der Waals surface area contributed by atoms with Crippen LogP contribution in [0.5, 0.6) is 0 Å². The third kappa shape index (κ3) is 2.38. The van der Waals surface area contributed by atoms with E-state index in [1.165, 1.54) is 18.3 Å². The molecule has 0 radical (unpaired) electrons. The minimum Gasteiger partial charge on any atom is -0.368 e. The number of amides is 1. The molecule has 0 bridgehead atoms. The molecule has 0 spiro atoms.